The van der Waals surface area contributed by atoms with Gasteiger partial charge in [-0.2, -0.15) is 0 Å². The first-order valence-electron chi connectivity index (χ1n) is 7.65. The zero-order chi connectivity index (χ0) is 14.4. The fourth-order valence-corrected chi connectivity index (χ4v) is 2.91. The summed E-state index contributed by atoms with van der Waals surface area (Å²) in [6.07, 6.45) is 4.14. The van der Waals surface area contributed by atoms with Crippen LogP contribution in [0.1, 0.15) is 43.7 Å². The summed E-state index contributed by atoms with van der Waals surface area (Å²) in [5.41, 5.74) is 2.66. The SMILES string of the molecule is CCOC(=O)C1CCCC(NCc2ccccc2C)C1. The Hall–Kier alpha value is -1.35. The molecular formula is C17H25NO2. The Morgan fingerprint density at radius 3 is 2.90 bits per heavy atom. The van der Waals surface area contributed by atoms with Gasteiger partial charge in [0.2, 0.25) is 0 Å². The minimum Gasteiger partial charge on any atom is -0.466 e. The number of hydrogen-bond acceptors (Lipinski definition) is 3. The first-order valence-corrected chi connectivity index (χ1v) is 7.65. The maximum atomic E-state index is 11.8. The minimum absolute atomic E-state index is 0.0186. The minimum atomic E-state index is -0.0186. The lowest BCUT2D eigenvalue weighted by Crippen LogP contribution is -2.36. The molecule has 1 aromatic rings. The molecule has 0 saturated heterocycles. The van der Waals surface area contributed by atoms with Crippen LogP contribution in [0.4, 0.5) is 0 Å². The van der Waals surface area contributed by atoms with Crippen molar-refractivity contribution in [1.82, 2.24) is 5.32 Å². The van der Waals surface area contributed by atoms with Crippen LogP contribution in [-0.2, 0) is 16.1 Å². The number of esters is 1. The van der Waals surface area contributed by atoms with Crippen LogP contribution in [0.15, 0.2) is 24.3 Å². The van der Waals surface area contributed by atoms with E-state index in [0.29, 0.717) is 12.6 Å². The first kappa shape index (κ1) is 15.0. The predicted octanol–water partition coefficient (Wildman–Crippen LogP) is 3.21. The standard InChI is InChI=1S/C17H25NO2/c1-3-20-17(19)14-9-6-10-16(11-14)18-12-15-8-5-4-7-13(15)2/h4-5,7-8,14,16,18H,3,6,9-12H2,1-2H3. The second kappa shape index (κ2) is 7.44. The van der Waals surface area contributed by atoms with Crippen molar-refractivity contribution in [3.05, 3.63) is 35.4 Å². The zero-order valence-electron chi connectivity index (χ0n) is 12.5. The molecule has 0 heterocycles. The molecule has 2 atom stereocenters. The van der Waals surface area contributed by atoms with Crippen molar-refractivity contribution in [2.45, 2.75) is 52.1 Å². The van der Waals surface area contributed by atoms with Gasteiger partial charge < -0.3 is 10.1 Å². The Morgan fingerprint density at radius 1 is 1.35 bits per heavy atom. The van der Waals surface area contributed by atoms with Crippen LogP contribution in [0.2, 0.25) is 0 Å². The number of benzene rings is 1. The van der Waals surface area contributed by atoms with Crippen molar-refractivity contribution >= 4 is 5.97 Å². The highest BCUT2D eigenvalue weighted by Gasteiger charge is 2.27. The molecule has 0 bridgehead atoms. The second-order valence-corrected chi connectivity index (χ2v) is 5.62. The van der Waals surface area contributed by atoms with Gasteiger partial charge in [-0.05, 0) is 44.2 Å². The molecule has 1 aliphatic carbocycles. The van der Waals surface area contributed by atoms with Gasteiger partial charge in [0.25, 0.3) is 0 Å². The third kappa shape index (κ3) is 4.07. The summed E-state index contributed by atoms with van der Waals surface area (Å²) in [5, 5.41) is 3.60. The number of carbonyl (C=O) groups is 1. The molecule has 110 valence electrons. The van der Waals surface area contributed by atoms with E-state index in [-0.39, 0.29) is 11.9 Å². The van der Waals surface area contributed by atoms with Crippen molar-refractivity contribution in [2.24, 2.45) is 5.92 Å². The molecule has 0 spiro atoms. The van der Waals surface area contributed by atoms with Crippen LogP contribution in [0.3, 0.4) is 0 Å². The Kier molecular flexibility index (Phi) is 5.60. The smallest absolute Gasteiger partial charge is 0.308 e. The van der Waals surface area contributed by atoms with Crippen LogP contribution in [0, 0.1) is 12.8 Å². The van der Waals surface area contributed by atoms with E-state index >= 15 is 0 Å². The van der Waals surface area contributed by atoms with E-state index in [2.05, 4.69) is 36.5 Å². The van der Waals surface area contributed by atoms with Gasteiger partial charge in [0.15, 0.2) is 0 Å². The molecule has 1 fully saturated rings. The van der Waals surface area contributed by atoms with E-state index in [9.17, 15) is 4.79 Å². The van der Waals surface area contributed by atoms with Crippen molar-refractivity contribution in [3.63, 3.8) is 0 Å². The second-order valence-electron chi connectivity index (χ2n) is 5.62. The molecule has 1 aliphatic rings. The lowest BCUT2D eigenvalue weighted by molar-refractivity contribution is -0.149. The molecule has 0 aromatic heterocycles. The van der Waals surface area contributed by atoms with Crippen molar-refractivity contribution < 1.29 is 9.53 Å². The van der Waals surface area contributed by atoms with Crippen LogP contribution < -0.4 is 5.32 Å². The van der Waals surface area contributed by atoms with E-state index in [0.717, 1.165) is 32.2 Å². The molecule has 3 heteroatoms. The third-order valence-electron chi connectivity index (χ3n) is 4.14. The highest BCUT2D eigenvalue weighted by molar-refractivity contribution is 5.72. The highest BCUT2D eigenvalue weighted by Crippen LogP contribution is 2.25. The Balaban J connectivity index is 1.84. The summed E-state index contributed by atoms with van der Waals surface area (Å²) in [7, 11) is 0. The molecule has 1 saturated carbocycles. The van der Waals surface area contributed by atoms with E-state index in [1.54, 1.807) is 0 Å². The van der Waals surface area contributed by atoms with Gasteiger partial charge >= 0.3 is 5.97 Å². The number of carbonyl (C=O) groups excluding carboxylic acids is 1. The normalized spacial score (nSPS) is 22.5. The quantitative estimate of drug-likeness (QED) is 0.839. The van der Waals surface area contributed by atoms with Crippen LogP contribution in [0.5, 0.6) is 0 Å². The molecule has 1 aromatic carbocycles. The van der Waals surface area contributed by atoms with Gasteiger partial charge in [0, 0.05) is 12.6 Å². The summed E-state index contributed by atoms with van der Waals surface area (Å²) in [6.45, 7) is 5.37. The Labute approximate surface area is 121 Å². The lowest BCUT2D eigenvalue weighted by atomic mass is 9.85. The number of aryl methyl sites for hydroxylation is 1. The molecular weight excluding hydrogens is 250 g/mol. The van der Waals surface area contributed by atoms with Gasteiger partial charge in [0.1, 0.15) is 0 Å². The van der Waals surface area contributed by atoms with Crippen LogP contribution in [0.25, 0.3) is 0 Å². The molecule has 0 amide bonds. The third-order valence-corrected chi connectivity index (χ3v) is 4.14. The topological polar surface area (TPSA) is 38.3 Å². The monoisotopic (exact) mass is 275 g/mol. The average Bonchev–Trinajstić information content (AvgIpc) is 2.47. The molecule has 2 unspecified atom stereocenters. The largest absolute Gasteiger partial charge is 0.466 e. The maximum Gasteiger partial charge on any atom is 0.308 e. The van der Waals surface area contributed by atoms with Gasteiger partial charge in [0.05, 0.1) is 12.5 Å². The Morgan fingerprint density at radius 2 is 2.15 bits per heavy atom. The summed E-state index contributed by atoms with van der Waals surface area (Å²) in [4.78, 5) is 11.8. The zero-order valence-corrected chi connectivity index (χ0v) is 12.5. The van der Waals surface area contributed by atoms with E-state index in [4.69, 9.17) is 4.74 Å². The predicted molar refractivity (Wildman–Crippen MR) is 80.4 cm³/mol. The van der Waals surface area contributed by atoms with Crippen LogP contribution >= 0.6 is 0 Å². The summed E-state index contributed by atoms with van der Waals surface area (Å²) in [6, 6.07) is 8.87. The van der Waals surface area contributed by atoms with Gasteiger partial charge in [-0.25, -0.2) is 0 Å². The summed E-state index contributed by atoms with van der Waals surface area (Å²) in [5.74, 6) is 0.0629. The fraction of sp³-hybridized carbons (Fsp3) is 0.588. The first-order chi connectivity index (χ1) is 9.70. The molecule has 2 rings (SSSR count). The number of ether oxygens (including phenoxy) is 1. The summed E-state index contributed by atoms with van der Waals surface area (Å²) < 4.78 is 5.14. The average molecular weight is 275 g/mol. The Bertz CT molecular complexity index is 444. The summed E-state index contributed by atoms with van der Waals surface area (Å²) >= 11 is 0. The maximum absolute atomic E-state index is 11.8. The van der Waals surface area contributed by atoms with Crippen molar-refractivity contribution in [3.8, 4) is 0 Å². The van der Waals surface area contributed by atoms with E-state index in [1.807, 2.05) is 6.92 Å². The van der Waals surface area contributed by atoms with E-state index < -0.39 is 0 Å². The van der Waals surface area contributed by atoms with E-state index in [1.165, 1.54) is 11.1 Å². The van der Waals surface area contributed by atoms with Gasteiger partial charge in [-0.3, -0.25) is 4.79 Å². The molecule has 0 aliphatic heterocycles. The molecule has 0 radical (unpaired) electrons. The fourth-order valence-electron chi connectivity index (χ4n) is 2.91. The lowest BCUT2D eigenvalue weighted by Gasteiger charge is -2.28. The van der Waals surface area contributed by atoms with Crippen LogP contribution in [-0.4, -0.2) is 18.6 Å². The highest BCUT2D eigenvalue weighted by atomic mass is 16.5. The molecule has 20 heavy (non-hydrogen) atoms. The number of hydrogen-bond donors (Lipinski definition) is 1. The molecule has 3 nitrogen and oxygen atoms in total. The van der Waals surface area contributed by atoms with Crippen molar-refractivity contribution in [1.29, 1.82) is 0 Å². The van der Waals surface area contributed by atoms with Crippen molar-refractivity contribution in [2.75, 3.05) is 6.61 Å². The number of nitrogens with one attached hydrogen (secondary N) is 1. The molecule has 1 N–H and O–H groups in total. The van der Waals surface area contributed by atoms with Gasteiger partial charge in [-0.15, -0.1) is 0 Å². The van der Waals surface area contributed by atoms with Gasteiger partial charge in [-0.1, -0.05) is 30.7 Å². The number of rotatable bonds is 5.